The molecule has 0 saturated carbocycles. The first-order valence-electron chi connectivity index (χ1n) is 3.71. The van der Waals surface area contributed by atoms with Crippen LogP contribution >= 0.6 is 15.9 Å². The number of hydrogen-bond donors (Lipinski definition) is 2. The molecule has 0 bridgehead atoms. The van der Waals surface area contributed by atoms with Crippen molar-refractivity contribution in [1.82, 2.24) is 4.98 Å². The van der Waals surface area contributed by atoms with Crippen molar-refractivity contribution in [2.45, 2.75) is 12.9 Å². The molecule has 0 unspecified atom stereocenters. The first-order chi connectivity index (χ1) is 6.83. The monoisotopic (exact) mass is 286 g/mol. The molecule has 15 heavy (non-hydrogen) atoms. The summed E-state index contributed by atoms with van der Waals surface area (Å²) >= 11 is 2.69. The van der Waals surface area contributed by atoms with E-state index in [0.717, 1.165) is 6.07 Å². The van der Waals surface area contributed by atoms with Crippen LogP contribution in [0, 0.1) is 0 Å². The van der Waals surface area contributed by atoms with Gasteiger partial charge in [-0.3, -0.25) is 4.79 Å². The van der Waals surface area contributed by atoms with Crippen LogP contribution in [0.15, 0.2) is 15.3 Å². The fraction of sp³-hybridized carbons (Fsp3) is 0.286. The van der Waals surface area contributed by atoms with Crippen molar-refractivity contribution in [3.8, 4) is 5.75 Å². The minimum Gasteiger partial charge on any atom is -0.404 e. The zero-order valence-electron chi connectivity index (χ0n) is 7.19. The van der Waals surface area contributed by atoms with Gasteiger partial charge in [0.15, 0.2) is 5.75 Å². The van der Waals surface area contributed by atoms with Gasteiger partial charge in [0.05, 0.1) is 0 Å². The lowest BCUT2D eigenvalue weighted by Gasteiger charge is -2.10. The van der Waals surface area contributed by atoms with Gasteiger partial charge < -0.3 is 15.5 Å². The molecule has 1 rings (SSSR count). The molecule has 0 aromatic carbocycles. The fourth-order valence-corrected chi connectivity index (χ4v) is 1.17. The lowest BCUT2D eigenvalue weighted by Crippen LogP contribution is -2.21. The molecule has 84 valence electrons. The molecule has 0 aliphatic carbocycles. The van der Waals surface area contributed by atoms with Gasteiger partial charge in [-0.1, -0.05) is 0 Å². The Labute approximate surface area is 90.4 Å². The van der Waals surface area contributed by atoms with E-state index in [0.29, 0.717) is 0 Å². The molecule has 0 spiro atoms. The molecular formula is C7H6BrF3N2O2. The third-order valence-corrected chi connectivity index (χ3v) is 2.19. The number of nitrogens with two attached hydrogens (primary N) is 1. The standard InChI is InChI=1S/C7H6BrF3N2O2/c8-5-4(15-7(9,10)11)1-3(2-12)13-6(5)14/h1H,2,12H2,(H,13,14). The average Bonchev–Trinajstić information content (AvgIpc) is 2.10. The second-order valence-electron chi connectivity index (χ2n) is 2.55. The van der Waals surface area contributed by atoms with Crippen molar-refractivity contribution in [3.05, 3.63) is 26.6 Å². The van der Waals surface area contributed by atoms with Crippen LogP contribution in [0.4, 0.5) is 13.2 Å². The van der Waals surface area contributed by atoms with Gasteiger partial charge in [0, 0.05) is 18.3 Å². The van der Waals surface area contributed by atoms with Gasteiger partial charge in [-0.25, -0.2) is 0 Å². The van der Waals surface area contributed by atoms with Gasteiger partial charge in [0.2, 0.25) is 0 Å². The summed E-state index contributed by atoms with van der Waals surface area (Å²) in [7, 11) is 0. The topological polar surface area (TPSA) is 68.1 Å². The maximum Gasteiger partial charge on any atom is 0.573 e. The summed E-state index contributed by atoms with van der Waals surface area (Å²) in [6.45, 7) is -0.0866. The van der Waals surface area contributed by atoms with Gasteiger partial charge in [0.1, 0.15) is 4.47 Å². The Morgan fingerprint density at radius 2 is 2.13 bits per heavy atom. The molecular weight excluding hydrogens is 281 g/mol. The van der Waals surface area contributed by atoms with E-state index in [2.05, 4.69) is 25.7 Å². The van der Waals surface area contributed by atoms with Crippen LogP contribution in [-0.2, 0) is 6.54 Å². The van der Waals surface area contributed by atoms with Crippen molar-refractivity contribution in [2.24, 2.45) is 5.73 Å². The second kappa shape index (κ2) is 4.23. The number of H-pyrrole nitrogens is 1. The highest BCUT2D eigenvalue weighted by atomic mass is 79.9. The molecule has 0 saturated heterocycles. The molecule has 0 radical (unpaired) electrons. The molecule has 1 aromatic heterocycles. The minimum atomic E-state index is -4.85. The highest BCUT2D eigenvalue weighted by Gasteiger charge is 2.32. The van der Waals surface area contributed by atoms with Crippen LogP contribution in [0.25, 0.3) is 0 Å². The molecule has 8 heteroatoms. The van der Waals surface area contributed by atoms with Crippen LogP contribution in [0.5, 0.6) is 5.75 Å². The van der Waals surface area contributed by atoms with Crippen LogP contribution in [0.2, 0.25) is 0 Å². The zero-order chi connectivity index (χ0) is 11.6. The van der Waals surface area contributed by atoms with E-state index in [1.54, 1.807) is 0 Å². The van der Waals surface area contributed by atoms with Gasteiger partial charge in [0.25, 0.3) is 5.56 Å². The van der Waals surface area contributed by atoms with Gasteiger partial charge in [-0.2, -0.15) is 0 Å². The predicted molar refractivity (Wildman–Crippen MR) is 49.3 cm³/mol. The van der Waals surface area contributed by atoms with Crippen molar-refractivity contribution in [2.75, 3.05) is 0 Å². The van der Waals surface area contributed by atoms with E-state index in [9.17, 15) is 18.0 Å². The van der Waals surface area contributed by atoms with Crippen LogP contribution in [0.1, 0.15) is 5.69 Å². The van der Waals surface area contributed by atoms with E-state index in [1.807, 2.05) is 0 Å². The van der Waals surface area contributed by atoms with E-state index in [1.165, 1.54) is 0 Å². The van der Waals surface area contributed by atoms with Gasteiger partial charge >= 0.3 is 6.36 Å². The first kappa shape index (κ1) is 12.1. The van der Waals surface area contributed by atoms with Crippen molar-refractivity contribution in [3.63, 3.8) is 0 Å². The number of halogens is 4. The summed E-state index contributed by atoms with van der Waals surface area (Å²) in [5.74, 6) is -0.605. The number of alkyl halides is 3. The molecule has 1 heterocycles. The smallest absolute Gasteiger partial charge is 0.404 e. The molecule has 1 aromatic rings. The highest BCUT2D eigenvalue weighted by Crippen LogP contribution is 2.27. The SMILES string of the molecule is NCc1cc(OC(F)(F)F)c(Br)c(=O)[nH]1. The Kier molecular flexibility index (Phi) is 3.40. The lowest BCUT2D eigenvalue weighted by molar-refractivity contribution is -0.275. The summed E-state index contributed by atoms with van der Waals surface area (Å²) < 4.78 is 39.0. The number of aromatic nitrogens is 1. The molecule has 0 aliphatic rings. The number of hydrogen-bond acceptors (Lipinski definition) is 3. The Morgan fingerprint density at radius 3 is 2.60 bits per heavy atom. The second-order valence-corrected chi connectivity index (χ2v) is 3.35. The van der Waals surface area contributed by atoms with E-state index in [4.69, 9.17) is 5.73 Å². The molecule has 0 fully saturated rings. The largest absolute Gasteiger partial charge is 0.573 e. The zero-order valence-corrected chi connectivity index (χ0v) is 8.78. The molecule has 0 amide bonds. The quantitative estimate of drug-likeness (QED) is 0.866. The summed E-state index contributed by atoms with van der Waals surface area (Å²) in [4.78, 5) is 13.4. The lowest BCUT2D eigenvalue weighted by atomic mass is 10.3. The number of rotatable bonds is 2. The average molecular weight is 287 g/mol. The van der Waals surface area contributed by atoms with Gasteiger partial charge in [-0.05, 0) is 15.9 Å². The third-order valence-electron chi connectivity index (χ3n) is 1.44. The van der Waals surface area contributed by atoms with Crippen LogP contribution in [0.3, 0.4) is 0 Å². The fourth-order valence-electron chi connectivity index (χ4n) is 0.879. The van der Waals surface area contributed by atoms with Gasteiger partial charge in [-0.15, -0.1) is 13.2 Å². The maximum absolute atomic E-state index is 11.9. The van der Waals surface area contributed by atoms with Crippen LogP contribution < -0.4 is 16.0 Å². The normalized spacial score (nSPS) is 11.5. The minimum absolute atomic E-state index is 0.0866. The van der Waals surface area contributed by atoms with Crippen molar-refractivity contribution in [1.29, 1.82) is 0 Å². The van der Waals surface area contributed by atoms with Crippen LogP contribution in [-0.4, -0.2) is 11.3 Å². The predicted octanol–water partition coefficient (Wildman–Crippen LogP) is 1.49. The maximum atomic E-state index is 11.9. The number of aromatic amines is 1. The number of pyridine rings is 1. The molecule has 0 atom stereocenters. The Morgan fingerprint density at radius 1 is 1.53 bits per heavy atom. The Bertz CT molecular complexity index is 416. The van der Waals surface area contributed by atoms with E-state index >= 15 is 0 Å². The summed E-state index contributed by atoms with van der Waals surface area (Å²) in [5, 5.41) is 0. The third kappa shape index (κ3) is 3.24. The highest BCUT2D eigenvalue weighted by molar-refractivity contribution is 9.10. The van der Waals surface area contributed by atoms with Crippen molar-refractivity contribution >= 4 is 15.9 Å². The first-order valence-corrected chi connectivity index (χ1v) is 4.50. The molecule has 0 aliphatic heterocycles. The molecule has 3 N–H and O–H groups in total. The summed E-state index contributed by atoms with van der Waals surface area (Å²) in [6, 6.07) is 1.01. The summed E-state index contributed by atoms with van der Waals surface area (Å²) in [5.41, 5.74) is 4.61. The number of nitrogens with one attached hydrogen (secondary N) is 1. The molecule has 4 nitrogen and oxygen atoms in total. The Hall–Kier alpha value is -1.02. The Balaban J connectivity index is 3.17. The summed E-state index contributed by atoms with van der Waals surface area (Å²) in [6.07, 6.45) is -4.85. The van der Waals surface area contributed by atoms with Crippen molar-refractivity contribution < 1.29 is 17.9 Å². The number of ether oxygens (including phenoxy) is 1. The van der Waals surface area contributed by atoms with E-state index in [-0.39, 0.29) is 16.7 Å². The van der Waals surface area contributed by atoms with E-state index < -0.39 is 17.7 Å².